The van der Waals surface area contributed by atoms with Gasteiger partial charge in [-0.05, 0) is 37.1 Å². The predicted octanol–water partition coefficient (Wildman–Crippen LogP) is 3.42. The number of anilines is 1. The maximum atomic E-state index is 13.7. The first-order valence-electron chi connectivity index (χ1n) is 11.0. The third kappa shape index (κ3) is 4.18. The number of carbonyl (C=O) groups excluding carboxylic acids is 1. The summed E-state index contributed by atoms with van der Waals surface area (Å²) in [5.41, 5.74) is 3.24. The first-order valence-corrected chi connectivity index (χ1v) is 11.8. The minimum atomic E-state index is -0.705. The van der Waals surface area contributed by atoms with Gasteiger partial charge in [0.1, 0.15) is 6.61 Å². The van der Waals surface area contributed by atoms with Gasteiger partial charge in [0.05, 0.1) is 23.4 Å². The van der Waals surface area contributed by atoms with Crippen molar-refractivity contribution in [3.8, 4) is 11.5 Å². The lowest BCUT2D eigenvalue weighted by Crippen LogP contribution is -2.49. The number of thiazole rings is 1. The molecule has 0 radical (unpaired) electrons. The molecule has 2 aliphatic rings. The molecule has 0 spiro atoms. The quantitative estimate of drug-likeness (QED) is 0.590. The Morgan fingerprint density at radius 3 is 2.66 bits per heavy atom. The molecule has 0 unspecified atom stereocenters. The Morgan fingerprint density at radius 1 is 1.12 bits per heavy atom. The Kier molecular flexibility index (Phi) is 5.99. The van der Waals surface area contributed by atoms with Crippen molar-refractivity contribution in [3.05, 3.63) is 47.5 Å². The molecule has 0 N–H and O–H groups in total. The number of nitrogens with zero attached hydrogens (tertiary/aromatic N) is 3. The number of amides is 1. The number of fused-ring (bicyclic) bond motifs is 2. The van der Waals surface area contributed by atoms with Gasteiger partial charge in [0, 0.05) is 26.2 Å². The number of benzene rings is 2. The molecule has 3 heterocycles. The zero-order chi connectivity index (χ0) is 22.1. The van der Waals surface area contributed by atoms with Gasteiger partial charge < -0.3 is 14.2 Å². The molecule has 1 saturated heterocycles. The Hall–Kier alpha value is -2.68. The number of hydrogen-bond acceptors (Lipinski definition) is 7. The van der Waals surface area contributed by atoms with Crippen LogP contribution >= 0.6 is 11.3 Å². The molecule has 5 rings (SSSR count). The molecule has 1 aromatic heterocycles. The summed E-state index contributed by atoms with van der Waals surface area (Å²) in [6.45, 7) is 8.82. The van der Waals surface area contributed by atoms with E-state index in [1.54, 1.807) is 16.2 Å². The molecule has 0 aliphatic carbocycles. The topological polar surface area (TPSA) is 64.1 Å². The number of rotatable bonds is 5. The van der Waals surface area contributed by atoms with Crippen LogP contribution in [-0.2, 0) is 9.53 Å². The monoisotopic (exact) mass is 453 g/mol. The second-order valence-corrected chi connectivity index (χ2v) is 9.16. The summed E-state index contributed by atoms with van der Waals surface area (Å²) < 4.78 is 18.4. The van der Waals surface area contributed by atoms with Gasteiger partial charge in [-0.3, -0.25) is 14.6 Å². The number of para-hydroxylation sites is 2. The lowest BCUT2D eigenvalue weighted by atomic mass is 10.1. The Bertz CT molecular complexity index is 1090. The largest absolute Gasteiger partial charge is 0.485 e. The van der Waals surface area contributed by atoms with Crippen molar-refractivity contribution in [3.63, 3.8) is 0 Å². The van der Waals surface area contributed by atoms with E-state index in [1.807, 2.05) is 24.3 Å². The van der Waals surface area contributed by atoms with Crippen molar-refractivity contribution < 1.29 is 19.0 Å². The van der Waals surface area contributed by atoms with Crippen LogP contribution in [0.3, 0.4) is 0 Å². The summed E-state index contributed by atoms with van der Waals surface area (Å²) >= 11 is 1.57. The highest BCUT2D eigenvalue weighted by molar-refractivity contribution is 7.22. The summed E-state index contributed by atoms with van der Waals surface area (Å²) in [5.74, 6) is 1.14. The zero-order valence-electron chi connectivity index (χ0n) is 18.4. The molecular formula is C24H27N3O4S. The lowest BCUT2D eigenvalue weighted by molar-refractivity contribution is -0.127. The predicted molar refractivity (Wildman–Crippen MR) is 125 cm³/mol. The number of aryl methyl sites for hydroxylation is 2. The number of carbonyl (C=O) groups is 1. The summed E-state index contributed by atoms with van der Waals surface area (Å²) in [4.78, 5) is 22.7. The summed E-state index contributed by atoms with van der Waals surface area (Å²) in [5, 5.41) is 0.707. The van der Waals surface area contributed by atoms with Gasteiger partial charge in [-0.25, -0.2) is 4.98 Å². The Morgan fingerprint density at radius 2 is 1.88 bits per heavy atom. The van der Waals surface area contributed by atoms with Gasteiger partial charge in [-0.2, -0.15) is 0 Å². The van der Waals surface area contributed by atoms with E-state index in [0.29, 0.717) is 23.2 Å². The standard InChI is InChI=1S/C24H27N3O4S/c1-16-7-8-17(2)22-21(16)25-24(32-22)27(10-9-26-11-13-29-14-12-26)23(28)20-15-30-18-5-3-4-6-19(18)31-20/h3-8,20H,9-15H2,1-2H3/t20-/m0/s1. The van der Waals surface area contributed by atoms with Crippen LogP contribution in [0.1, 0.15) is 11.1 Å². The number of morpholine rings is 1. The molecule has 32 heavy (non-hydrogen) atoms. The molecular weight excluding hydrogens is 426 g/mol. The normalized spacial score (nSPS) is 18.6. The zero-order valence-corrected chi connectivity index (χ0v) is 19.2. The highest BCUT2D eigenvalue weighted by Gasteiger charge is 2.33. The van der Waals surface area contributed by atoms with Crippen molar-refractivity contribution in [2.45, 2.75) is 20.0 Å². The van der Waals surface area contributed by atoms with Crippen LogP contribution in [0.4, 0.5) is 5.13 Å². The molecule has 3 aromatic rings. The number of aromatic nitrogens is 1. The molecule has 2 aromatic carbocycles. The minimum absolute atomic E-state index is 0.123. The van der Waals surface area contributed by atoms with Gasteiger partial charge in [-0.1, -0.05) is 35.6 Å². The molecule has 1 amide bonds. The Labute approximate surface area is 191 Å². The highest BCUT2D eigenvalue weighted by Crippen LogP contribution is 2.35. The molecule has 0 saturated carbocycles. The van der Waals surface area contributed by atoms with Crippen LogP contribution in [0.25, 0.3) is 10.2 Å². The van der Waals surface area contributed by atoms with Gasteiger partial charge in [0.2, 0.25) is 6.10 Å². The molecule has 8 heteroatoms. The van der Waals surface area contributed by atoms with E-state index in [1.165, 1.54) is 5.56 Å². The van der Waals surface area contributed by atoms with Crippen molar-refractivity contribution in [1.82, 2.24) is 9.88 Å². The van der Waals surface area contributed by atoms with Crippen molar-refractivity contribution in [2.75, 3.05) is 50.9 Å². The number of hydrogen-bond donors (Lipinski definition) is 0. The van der Waals surface area contributed by atoms with E-state index < -0.39 is 6.10 Å². The fourth-order valence-electron chi connectivity index (χ4n) is 4.04. The first-order chi connectivity index (χ1) is 15.6. The van der Waals surface area contributed by atoms with Crippen molar-refractivity contribution in [1.29, 1.82) is 0 Å². The van der Waals surface area contributed by atoms with Crippen molar-refractivity contribution >= 4 is 32.6 Å². The fraction of sp³-hybridized carbons (Fsp3) is 0.417. The van der Waals surface area contributed by atoms with E-state index >= 15 is 0 Å². The van der Waals surface area contributed by atoms with Crippen LogP contribution < -0.4 is 14.4 Å². The summed E-state index contributed by atoms with van der Waals surface area (Å²) in [6, 6.07) is 11.6. The van der Waals surface area contributed by atoms with Crippen LogP contribution in [-0.4, -0.2) is 67.9 Å². The van der Waals surface area contributed by atoms with Gasteiger partial charge in [0.25, 0.3) is 5.91 Å². The van der Waals surface area contributed by atoms with E-state index in [2.05, 4.69) is 30.9 Å². The third-order valence-corrected chi connectivity index (χ3v) is 7.17. The van der Waals surface area contributed by atoms with E-state index in [-0.39, 0.29) is 12.5 Å². The molecule has 168 valence electrons. The smallest absolute Gasteiger partial charge is 0.273 e. The maximum Gasteiger partial charge on any atom is 0.273 e. The molecule has 2 aliphatic heterocycles. The fourth-order valence-corrected chi connectivity index (χ4v) is 5.19. The van der Waals surface area contributed by atoms with Crippen LogP contribution in [0.5, 0.6) is 11.5 Å². The Balaban J connectivity index is 1.43. The average molecular weight is 454 g/mol. The maximum absolute atomic E-state index is 13.7. The molecule has 1 atom stereocenters. The van der Waals surface area contributed by atoms with E-state index in [0.717, 1.165) is 48.6 Å². The van der Waals surface area contributed by atoms with Crippen LogP contribution in [0.15, 0.2) is 36.4 Å². The van der Waals surface area contributed by atoms with E-state index in [4.69, 9.17) is 19.2 Å². The second-order valence-electron chi connectivity index (χ2n) is 8.18. The molecule has 1 fully saturated rings. The first kappa shape index (κ1) is 21.2. The highest BCUT2D eigenvalue weighted by atomic mass is 32.1. The van der Waals surface area contributed by atoms with Crippen molar-refractivity contribution in [2.24, 2.45) is 0 Å². The second kappa shape index (κ2) is 9.05. The number of ether oxygens (including phenoxy) is 3. The van der Waals surface area contributed by atoms with Gasteiger partial charge >= 0.3 is 0 Å². The average Bonchev–Trinajstić information content (AvgIpc) is 3.28. The van der Waals surface area contributed by atoms with E-state index in [9.17, 15) is 4.79 Å². The van der Waals surface area contributed by atoms with Gasteiger partial charge in [-0.15, -0.1) is 0 Å². The molecule has 7 nitrogen and oxygen atoms in total. The summed E-state index contributed by atoms with van der Waals surface area (Å²) in [6.07, 6.45) is -0.705. The third-order valence-electron chi connectivity index (χ3n) is 5.96. The molecule has 0 bridgehead atoms. The minimum Gasteiger partial charge on any atom is -0.485 e. The SMILES string of the molecule is Cc1ccc(C)c2sc(N(CCN3CCOCC3)C(=O)[C@@H]3COc4ccccc4O3)nc12. The van der Waals surface area contributed by atoms with Crippen LogP contribution in [0.2, 0.25) is 0 Å². The lowest BCUT2D eigenvalue weighted by Gasteiger charge is -2.32. The van der Waals surface area contributed by atoms with Crippen LogP contribution in [0, 0.1) is 13.8 Å². The van der Waals surface area contributed by atoms with Gasteiger partial charge in [0.15, 0.2) is 16.6 Å². The summed E-state index contributed by atoms with van der Waals surface area (Å²) in [7, 11) is 0.